The van der Waals surface area contributed by atoms with Crippen LogP contribution in [0, 0.1) is 11.8 Å². The van der Waals surface area contributed by atoms with Crippen LogP contribution in [0.15, 0.2) is 30.3 Å². The Bertz CT molecular complexity index is 789. The predicted molar refractivity (Wildman–Crippen MR) is 110 cm³/mol. The molecule has 1 aromatic heterocycles. The minimum atomic E-state index is 0.639. The highest BCUT2D eigenvalue weighted by Crippen LogP contribution is 2.42. The lowest BCUT2D eigenvalue weighted by atomic mass is 9.72. The number of piperidine rings is 3. The van der Waals surface area contributed by atoms with Crippen molar-refractivity contribution in [3.8, 4) is 5.69 Å². The van der Waals surface area contributed by atoms with E-state index < -0.39 is 0 Å². The van der Waals surface area contributed by atoms with Crippen molar-refractivity contribution in [1.82, 2.24) is 30.0 Å². The van der Waals surface area contributed by atoms with Crippen LogP contribution in [0.3, 0.4) is 0 Å². The molecule has 3 saturated heterocycles. The Morgan fingerprint density at radius 3 is 2.71 bits per heavy atom. The average Bonchev–Trinajstić information content (AvgIpc) is 3.21. The van der Waals surface area contributed by atoms with Gasteiger partial charge in [0.15, 0.2) is 0 Å². The number of tetrazole rings is 1. The van der Waals surface area contributed by atoms with Crippen molar-refractivity contribution >= 4 is 5.95 Å². The zero-order chi connectivity index (χ0) is 19.1. The van der Waals surface area contributed by atoms with Gasteiger partial charge in [0.05, 0.1) is 5.69 Å². The van der Waals surface area contributed by atoms with Crippen LogP contribution < -0.4 is 4.90 Å². The maximum Gasteiger partial charge on any atom is 0.250 e. The van der Waals surface area contributed by atoms with Crippen LogP contribution in [0.2, 0.25) is 0 Å². The number of hydrogen-bond acceptors (Lipinski definition) is 6. The third kappa shape index (κ3) is 3.20. The largest absolute Gasteiger partial charge is 0.339 e. The van der Waals surface area contributed by atoms with Crippen molar-refractivity contribution in [3.05, 3.63) is 30.3 Å². The number of fused-ring (bicyclic) bond motifs is 4. The molecule has 0 N–H and O–H groups in total. The Hall–Kier alpha value is -1.99. The molecule has 0 saturated carbocycles. The quantitative estimate of drug-likeness (QED) is 0.806. The summed E-state index contributed by atoms with van der Waals surface area (Å²) in [6, 6.07) is 11.6. The van der Waals surface area contributed by atoms with E-state index in [1.54, 1.807) is 0 Å². The Morgan fingerprint density at radius 1 is 1.07 bits per heavy atom. The fourth-order valence-electron chi connectivity index (χ4n) is 5.81. The van der Waals surface area contributed by atoms with Crippen LogP contribution in [0.5, 0.6) is 0 Å². The molecule has 3 aliphatic heterocycles. The van der Waals surface area contributed by atoms with Crippen molar-refractivity contribution in [2.45, 2.75) is 37.8 Å². The van der Waals surface area contributed by atoms with E-state index in [0.29, 0.717) is 12.0 Å². The van der Waals surface area contributed by atoms with E-state index in [4.69, 9.17) is 0 Å². The van der Waals surface area contributed by atoms with Crippen molar-refractivity contribution in [2.75, 3.05) is 45.2 Å². The number of hydrogen-bond donors (Lipinski definition) is 0. The Kier molecular flexibility index (Phi) is 4.80. The summed E-state index contributed by atoms with van der Waals surface area (Å²) < 4.78 is 1.90. The summed E-state index contributed by atoms with van der Waals surface area (Å²) in [6.07, 6.45) is 5.43. The lowest BCUT2D eigenvalue weighted by Gasteiger charge is -2.57. The number of likely N-dealkylation sites (N-methyl/N-ethyl adjacent to an activating group) is 1. The summed E-state index contributed by atoms with van der Waals surface area (Å²) in [5, 5.41) is 12.8. The van der Waals surface area contributed by atoms with Crippen molar-refractivity contribution in [2.24, 2.45) is 11.8 Å². The van der Waals surface area contributed by atoms with Crippen LogP contribution >= 0.6 is 0 Å². The molecule has 4 atom stereocenters. The molecule has 4 heterocycles. The maximum atomic E-state index is 4.44. The number of rotatable bonds is 4. The molecule has 0 unspecified atom stereocenters. The summed E-state index contributed by atoms with van der Waals surface area (Å²) in [5.41, 5.74) is 1.03. The normalized spacial score (nSPS) is 30.5. The second-order valence-electron chi connectivity index (χ2n) is 9.02. The van der Waals surface area contributed by atoms with Gasteiger partial charge in [0.25, 0.3) is 0 Å². The number of anilines is 1. The van der Waals surface area contributed by atoms with Crippen LogP contribution in [0.1, 0.15) is 25.7 Å². The van der Waals surface area contributed by atoms with E-state index in [2.05, 4.69) is 56.5 Å². The van der Waals surface area contributed by atoms with Gasteiger partial charge in [0.2, 0.25) is 5.95 Å². The number of nitrogens with zero attached hydrogens (tertiary/aromatic N) is 7. The van der Waals surface area contributed by atoms with Crippen molar-refractivity contribution < 1.29 is 0 Å². The molecule has 7 heteroatoms. The SMILES string of the molecule is CN(C)C[C@H]1[C@H]2C[C@H](CN(c3nnnn3-c3ccccc3)C2)[C@@H]2CCCCN21. The molecule has 0 radical (unpaired) electrons. The number of benzene rings is 1. The molecule has 2 bridgehead atoms. The number of aromatic nitrogens is 4. The first-order valence-corrected chi connectivity index (χ1v) is 10.7. The van der Waals surface area contributed by atoms with Gasteiger partial charge in [0.1, 0.15) is 0 Å². The van der Waals surface area contributed by atoms with Crippen molar-refractivity contribution in [3.63, 3.8) is 0 Å². The summed E-state index contributed by atoms with van der Waals surface area (Å²) >= 11 is 0. The monoisotopic (exact) mass is 381 g/mol. The zero-order valence-electron chi connectivity index (χ0n) is 17.0. The summed E-state index contributed by atoms with van der Waals surface area (Å²) in [5.74, 6) is 2.29. The number of para-hydroxylation sites is 1. The van der Waals surface area contributed by atoms with Gasteiger partial charge in [-0.2, -0.15) is 4.68 Å². The second-order valence-corrected chi connectivity index (χ2v) is 9.02. The molecule has 28 heavy (non-hydrogen) atoms. The average molecular weight is 382 g/mol. The van der Waals surface area contributed by atoms with E-state index in [1.165, 1.54) is 32.2 Å². The lowest BCUT2D eigenvalue weighted by molar-refractivity contribution is -0.0402. The maximum absolute atomic E-state index is 4.44. The second kappa shape index (κ2) is 7.44. The molecule has 150 valence electrons. The van der Waals surface area contributed by atoms with Gasteiger partial charge in [-0.1, -0.05) is 29.7 Å². The minimum Gasteiger partial charge on any atom is -0.339 e. The van der Waals surface area contributed by atoms with Gasteiger partial charge >= 0.3 is 0 Å². The zero-order valence-corrected chi connectivity index (χ0v) is 17.0. The standard InChI is InChI=1S/C21H31N7/c1-25(2)15-20-17-12-16(19-10-6-7-11-27(19)20)13-26(14-17)21-22-23-24-28(21)18-8-4-3-5-9-18/h3-5,8-9,16-17,19-20H,6-7,10-15H2,1-2H3/t16-,17+,19+,20+/m1/s1. The van der Waals surface area contributed by atoms with E-state index in [0.717, 1.165) is 43.2 Å². The molecule has 3 fully saturated rings. The van der Waals surface area contributed by atoms with Crippen molar-refractivity contribution in [1.29, 1.82) is 0 Å². The molecular weight excluding hydrogens is 350 g/mol. The highest BCUT2D eigenvalue weighted by atomic mass is 15.6. The minimum absolute atomic E-state index is 0.639. The van der Waals surface area contributed by atoms with Gasteiger partial charge < -0.3 is 9.80 Å². The molecule has 3 aliphatic rings. The van der Waals surface area contributed by atoms with Crippen LogP contribution in [0.25, 0.3) is 5.69 Å². The Morgan fingerprint density at radius 2 is 1.89 bits per heavy atom. The van der Waals surface area contributed by atoms with Gasteiger partial charge in [-0.25, -0.2) is 0 Å². The molecule has 0 amide bonds. The highest BCUT2D eigenvalue weighted by Gasteiger charge is 2.47. The third-order valence-electron chi connectivity index (χ3n) is 6.91. The predicted octanol–water partition coefficient (Wildman–Crippen LogP) is 1.90. The van der Waals surface area contributed by atoms with E-state index in [9.17, 15) is 0 Å². The molecule has 5 rings (SSSR count). The van der Waals surface area contributed by atoms with Gasteiger partial charge in [-0.05, 0) is 74.3 Å². The summed E-state index contributed by atoms with van der Waals surface area (Å²) in [7, 11) is 4.42. The topological polar surface area (TPSA) is 53.3 Å². The van der Waals surface area contributed by atoms with E-state index in [-0.39, 0.29) is 0 Å². The van der Waals surface area contributed by atoms with Crippen LogP contribution in [-0.2, 0) is 0 Å². The van der Waals surface area contributed by atoms with Crippen LogP contribution in [-0.4, -0.2) is 82.4 Å². The highest BCUT2D eigenvalue weighted by molar-refractivity contribution is 5.41. The third-order valence-corrected chi connectivity index (χ3v) is 6.91. The summed E-state index contributed by atoms with van der Waals surface area (Å²) in [6.45, 7) is 4.54. The van der Waals surface area contributed by atoms with E-state index >= 15 is 0 Å². The fourth-order valence-corrected chi connectivity index (χ4v) is 5.81. The summed E-state index contributed by atoms with van der Waals surface area (Å²) in [4.78, 5) is 7.68. The fraction of sp³-hybridized carbons (Fsp3) is 0.667. The first-order chi connectivity index (χ1) is 13.7. The molecule has 7 nitrogen and oxygen atoms in total. The van der Waals surface area contributed by atoms with Gasteiger partial charge in [-0.3, -0.25) is 4.90 Å². The Labute approximate surface area is 167 Å². The molecular formula is C21H31N7. The van der Waals surface area contributed by atoms with Gasteiger partial charge in [-0.15, -0.1) is 0 Å². The van der Waals surface area contributed by atoms with Gasteiger partial charge in [0, 0.05) is 31.7 Å². The first-order valence-electron chi connectivity index (χ1n) is 10.7. The van der Waals surface area contributed by atoms with Crippen LogP contribution in [0.4, 0.5) is 5.95 Å². The lowest BCUT2D eigenvalue weighted by Crippen LogP contribution is -2.65. The first kappa shape index (κ1) is 18.1. The Balaban J connectivity index is 1.45. The smallest absolute Gasteiger partial charge is 0.250 e. The molecule has 0 spiro atoms. The van der Waals surface area contributed by atoms with E-state index in [1.807, 2.05) is 22.9 Å². The molecule has 1 aromatic carbocycles. The molecule has 2 aromatic rings. The molecule has 0 aliphatic carbocycles.